The van der Waals surface area contributed by atoms with Crippen LogP contribution in [0, 0.1) is 0 Å². The average Bonchev–Trinajstić information content (AvgIpc) is 2.44. The van der Waals surface area contributed by atoms with Crippen LogP contribution in [0.4, 0.5) is 0 Å². The summed E-state index contributed by atoms with van der Waals surface area (Å²) in [5.41, 5.74) is 1.42. The normalized spacial score (nSPS) is 20.9. The minimum atomic E-state index is 0. The van der Waals surface area contributed by atoms with E-state index in [-0.39, 0.29) is 24.8 Å². The quantitative estimate of drug-likeness (QED) is 0.894. The van der Waals surface area contributed by atoms with Crippen LogP contribution in [0.3, 0.4) is 0 Å². The van der Waals surface area contributed by atoms with Gasteiger partial charge in [0.15, 0.2) is 0 Å². The summed E-state index contributed by atoms with van der Waals surface area (Å²) < 4.78 is 0. The SMILES string of the molecule is CC1CN(Cc2ccccc2)CCCN1.Cl.Cl. The van der Waals surface area contributed by atoms with Crippen LogP contribution in [0.1, 0.15) is 18.9 Å². The lowest BCUT2D eigenvalue weighted by Gasteiger charge is -2.22. The molecule has 1 aliphatic rings. The topological polar surface area (TPSA) is 15.3 Å². The maximum absolute atomic E-state index is 3.52. The van der Waals surface area contributed by atoms with Crippen LogP contribution in [-0.2, 0) is 6.54 Å². The van der Waals surface area contributed by atoms with Gasteiger partial charge < -0.3 is 5.32 Å². The first kappa shape index (κ1) is 16.7. The minimum absolute atomic E-state index is 0. The summed E-state index contributed by atoms with van der Waals surface area (Å²) in [6.45, 7) is 6.89. The molecule has 4 heteroatoms. The Labute approximate surface area is 117 Å². The van der Waals surface area contributed by atoms with Crippen molar-refractivity contribution in [3.63, 3.8) is 0 Å². The molecule has 0 aliphatic carbocycles. The molecule has 0 saturated carbocycles. The maximum atomic E-state index is 3.52. The first-order chi connectivity index (χ1) is 7.34. The Bertz CT molecular complexity index is 293. The van der Waals surface area contributed by atoms with E-state index >= 15 is 0 Å². The third kappa shape index (κ3) is 5.73. The van der Waals surface area contributed by atoms with Crippen LogP contribution in [0.2, 0.25) is 0 Å². The highest BCUT2D eigenvalue weighted by atomic mass is 35.5. The Balaban J connectivity index is 0.00000128. The van der Waals surface area contributed by atoms with E-state index in [0.717, 1.165) is 19.6 Å². The highest BCUT2D eigenvalue weighted by molar-refractivity contribution is 5.85. The van der Waals surface area contributed by atoms with E-state index in [1.165, 1.54) is 18.5 Å². The molecule has 1 aromatic carbocycles. The molecule has 0 amide bonds. The van der Waals surface area contributed by atoms with Crippen molar-refractivity contribution in [2.75, 3.05) is 19.6 Å². The number of halogens is 2. The van der Waals surface area contributed by atoms with Gasteiger partial charge in [0.05, 0.1) is 0 Å². The van der Waals surface area contributed by atoms with E-state index < -0.39 is 0 Å². The predicted molar refractivity (Wildman–Crippen MR) is 78.3 cm³/mol. The molecule has 0 spiro atoms. The fourth-order valence-electron chi connectivity index (χ4n) is 2.18. The summed E-state index contributed by atoms with van der Waals surface area (Å²) in [5, 5.41) is 3.52. The first-order valence-corrected chi connectivity index (χ1v) is 5.84. The Morgan fingerprint density at radius 3 is 2.65 bits per heavy atom. The lowest BCUT2D eigenvalue weighted by atomic mass is 10.2. The molecule has 1 aromatic rings. The molecular formula is C13H22Cl2N2. The number of hydrogen-bond acceptors (Lipinski definition) is 2. The van der Waals surface area contributed by atoms with Gasteiger partial charge in [-0.2, -0.15) is 0 Å². The van der Waals surface area contributed by atoms with Gasteiger partial charge in [0.25, 0.3) is 0 Å². The van der Waals surface area contributed by atoms with Crippen molar-refractivity contribution < 1.29 is 0 Å². The largest absolute Gasteiger partial charge is 0.313 e. The molecule has 17 heavy (non-hydrogen) atoms. The Kier molecular flexibility index (Phi) is 8.61. The zero-order chi connectivity index (χ0) is 10.5. The van der Waals surface area contributed by atoms with Crippen LogP contribution in [0.15, 0.2) is 30.3 Å². The number of nitrogens with zero attached hydrogens (tertiary/aromatic N) is 1. The summed E-state index contributed by atoms with van der Waals surface area (Å²) >= 11 is 0. The van der Waals surface area contributed by atoms with Gasteiger partial charge in [-0.3, -0.25) is 4.90 Å². The van der Waals surface area contributed by atoms with E-state index in [9.17, 15) is 0 Å². The molecular weight excluding hydrogens is 255 g/mol. The molecule has 0 radical (unpaired) electrons. The summed E-state index contributed by atoms with van der Waals surface area (Å²) in [6.07, 6.45) is 1.26. The van der Waals surface area contributed by atoms with Gasteiger partial charge in [0.1, 0.15) is 0 Å². The van der Waals surface area contributed by atoms with Crippen LogP contribution in [0.5, 0.6) is 0 Å². The second-order valence-corrected chi connectivity index (χ2v) is 4.43. The predicted octanol–water partition coefficient (Wildman–Crippen LogP) is 2.71. The lowest BCUT2D eigenvalue weighted by Crippen LogP contribution is -2.34. The van der Waals surface area contributed by atoms with Crippen LogP contribution >= 0.6 is 24.8 Å². The van der Waals surface area contributed by atoms with Crippen molar-refractivity contribution in [3.05, 3.63) is 35.9 Å². The number of nitrogens with one attached hydrogen (secondary N) is 1. The second kappa shape index (κ2) is 8.76. The van der Waals surface area contributed by atoms with E-state index in [2.05, 4.69) is 47.5 Å². The molecule has 2 nitrogen and oxygen atoms in total. The molecule has 1 fully saturated rings. The molecule has 1 N–H and O–H groups in total. The second-order valence-electron chi connectivity index (χ2n) is 4.43. The van der Waals surface area contributed by atoms with Crippen molar-refractivity contribution in [2.45, 2.75) is 25.9 Å². The molecule has 1 aliphatic heterocycles. The van der Waals surface area contributed by atoms with Crippen molar-refractivity contribution >= 4 is 24.8 Å². The molecule has 0 aromatic heterocycles. The third-order valence-corrected chi connectivity index (χ3v) is 2.92. The van der Waals surface area contributed by atoms with Gasteiger partial charge in [0.2, 0.25) is 0 Å². The van der Waals surface area contributed by atoms with E-state index in [1.807, 2.05) is 0 Å². The van der Waals surface area contributed by atoms with Gasteiger partial charge in [-0.25, -0.2) is 0 Å². The zero-order valence-corrected chi connectivity index (χ0v) is 11.9. The molecule has 1 unspecified atom stereocenters. The minimum Gasteiger partial charge on any atom is -0.313 e. The highest BCUT2D eigenvalue weighted by Crippen LogP contribution is 2.07. The van der Waals surface area contributed by atoms with Crippen LogP contribution < -0.4 is 5.32 Å². The standard InChI is InChI=1S/C13H20N2.2ClH/c1-12-10-15(9-5-8-14-12)11-13-6-3-2-4-7-13;;/h2-4,6-7,12,14H,5,8-11H2,1H3;2*1H. The van der Waals surface area contributed by atoms with Crippen LogP contribution in [0.25, 0.3) is 0 Å². The van der Waals surface area contributed by atoms with Crippen molar-refractivity contribution in [3.8, 4) is 0 Å². The van der Waals surface area contributed by atoms with Gasteiger partial charge in [-0.15, -0.1) is 24.8 Å². The molecule has 1 atom stereocenters. The summed E-state index contributed by atoms with van der Waals surface area (Å²) in [4.78, 5) is 2.54. The number of hydrogen-bond donors (Lipinski definition) is 1. The molecule has 1 saturated heterocycles. The Morgan fingerprint density at radius 1 is 1.24 bits per heavy atom. The maximum Gasteiger partial charge on any atom is 0.0234 e. The van der Waals surface area contributed by atoms with Gasteiger partial charge in [0, 0.05) is 19.1 Å². The smallest absolute Gasteiger partial charge is 0.0234 e. The monoisotopic (exact) mass is 276 g/mol. The summed E-state index contributed by atoms with van der Waals surface area (Å²) in [6, 6.07) is 11.4. The van der Waals surface area contributed by atoms with Crippen molar-refractivity contribution in [1.29, 1.82) is 0 Å². The number of rotatable bonds is 2. The van der Waals surface area contributed by atoms with Gasteiger partial charge >= 0.3 is 0 Å². The first-order valence-electron chi connectivity index (χ1n) is 5.84. The molecule has 2 rings (SSSR count). The van der Waals surface area contributed by atoms with Gasteiger partial charge in [-0.05, 0) is 32.0 Å². The fourth-order valence-corrected chi connectivity index (χ4v) is 2.18. The van der Waals surface area contributed by atoms with E-state index in [4.69, 9.17) is 0 Å². The Morgan fingerprint density at radius 2 is 1.94 bits per heavy atom. The van der Waals surface area contributed by atoms with Crippen LogP contribution in [-0.4, -0.2) is 30.6 Å². The highest BCUT2D eigenvalue weighted by Gasteiger charge is 2.13. The molecule has 1 heterocycles. The summed E-state index contributed by atoms with van der Waals surface area (Å²) in [5.74, 6) is 0. The molecule has 0 bridgehead atoms. The van der Waals surface area contributed by atoms with E-state index in [1.54, 1.807) is 0 Å². The lowest BCUT2D eigenvalue weighted by molar-refractivity contribution is 0.265. The van der Waals surface area contributed by atoms with Crippen molar-refractivity contribution in [2.24, 2.45) is 0 Å². The van der Waals surface area contributed by atoms with Crippen molar-refractivity contribution in [1.82, 2.24) is 10.2 Å². The zero-order valence-electron chi connectivity index (χ0n) is 10.3. The Hall–Kier alpha value is -0.280. The fraction of sp³-hybridized carbons (Fsp3) is 0.538. The molecule has 98 valence electrons. The van der Waals surface area contributed by atoms with E-state index in [0.29, 0.717) is 6.04 Å². The number of benzene rings is 1. The third-order valence-electron chi connectivity index (χ3n) is 2.92. The van der Waals surface area contributed by atoms with Gasteiger partial charge in [-0.1, -0.05) is 30.3 Å². The summed E-state index contributed by atoms with van der Waals surface area (Å²) in [7, 11) is 0. The average molecular weight is 277 g/mol.